The zero-order valence-electron chi connectivity index (χ0n) is 10.6. The van der Waals surface area contributed by atoms with Gasteiger partial charge in [-0.15, -0.1) is 0 Å². The summed E-state index contributed by atoms with van der Waals surface area (Å²) < 4.78 is 0. The highest BCUT2D eigenvalue weighted by Crippen LogP contribution is 2.11. The molecule has 2 nitrogen and oxygen atoms in total. The Morgan fingerprint density at radius 1 is 1.33 bits per heavy atom. The lowest BCUT2D eigenvalue weighted by molar-refractivity contribution is 0.181. The van der Waals surface area contributed by atoms with Crippen molar-refractivity contribution in [3.05, 3.63) is 0 Å². The quantitative estimate of drug-likeness (QED) is 0.778. The van der Waals surface area contributed by atoms with Gasteiger partial charge in [-0.1, -0.05) is 13.8 Å². The van der Waals surface area contributed by atoms with Gasteiger partial charge in [0, 0.05) is 43.2 Å². The van der Waals surface area contributed by atoms with E-state index in [9.17, 15) is 0 Å². The lowest BCUT2D eigenvalue weighted by atomic mass is 10.1. The second-order valence-electron chi connectivity index (χ2n) is 5.17. The smallest absolute Gasteiger partial charge is 0.0286 e. The van der Waals surface area contributed by atoms with Crippen LogP contribution in [0.5, 0.6) is 0 Å². The van der Waals surface area contributed by atoms with Crippen molar-refractivity contribution in [2.45, 2.75) is 39.8 Å². The highest BCUT2D eigenvalue weighted by molar-refractivity contribution is 7.99. The summed E-state index contributed by atoms with van der Waals surface area (Å²) in [4.78, 5) is 2.61. The third-order valence-electron chi connectivity index (χ3n) is 2.78. The fraction of sp³-hybridized carbons (Fsp3) is 1.00. The molecular formula is C12H26N2S. The van der Waals surface area contributed by atoms with E-state index < -0.39 is 0 Å². The predicted octanol–water partition coefficient (Wildman–Crippen LogP) is 2.06. The Morgan fingerprint density at radius 2 is 2.07 bits per heavy atom. The van der Waals surface area contributed by atoms with Gasteiger partial charge in [0.25, 0.3) is 0 Å². The minimum Gasteiger partial charge on any atom is -0.311 e. The van der Waals surface area contributed by atoms with Crippen molar-refractivity contribution < 1.29 is 0 Å². The van der Waals surface area contributed by atoms with Gasteiger partial charge in [0.05, 0.1) is 0 Å². The van der Waals surface area contributed by atoms with E-state index in [1.165, 1.54) is 31.1 Å². The van der Waals surface area contributed by atoms with Crippen molar-refractivity contribution in [2.24, 2.45) is 5.92 Å². The van der Waals surface area contributed by atoms with E-state index in [1.54, 1.807) is 0 Å². The minimum absolute atomic E-state index is 0.668. The van der Waals surface area contributed by atoms with E-state index in [-0.39, 0.29) is 0 Å². The Balaban J connectivity index is 2.35. The molecule has 1 rings (SSSR count). The van der Waals surface area contributed by atoms with Crippen LogP contribution in [0.3, 0.4) is 0 Å². The molecule has 0 amide bonds. The molecule has 0 aliphatic carbocycles. The Hall–Kier alpha value is 0.270. The van der Waals surface area contributed by atoms with Gasteiger partial charge in [-0.2, -0.15) is 11.8 Å². The van der Waals surface area contributed by atoms with Crippen molar-refractivity contribution in [1.29, 1.82) is 0 Å². The molecule has 1 N–H and O–H groups in total. The third kappa shape index (κ3) is 5.23. The van der Waals surface area contributed by atoms with Gasteiger partial charge >= 0.3 is 0 Å². The van der Waals surface area contributed by atoms with Crippen LogP contribution in [0.15, 0.2) is 0 Å². The van der Waals surface area contributed by atoms with Crippen LogP contribution in [0.25, 0.3) is 0 Å². The van der Waals surface area contributed by atoms with E-state index in [2.05, 4.69) is 49.7 Å². The van der Waals surface area contributed by atoms with Crippen LogP contribution in [-0.2, 0) is 0 Å². The molecule has 90 valence electrons. The zero-order chi connectivity index (χ0) is 11.3. The maximum absolute atomic E-state index is 3.62. The van der Waals surface area contributed by atoms with Crippen molar-refractivity contribution >= 4 is 11.8 Å². The van der Waals surface area contributed by atoms with Crippen LogP contribution >= 0.6 is 11.8 Å². The molecule has 0 radical (unpaired) electrons. The highest BCUT2D eigenvalue weighted by Gasteiger charge is 2.19. The molecule has 0 aromatic carbocycles. The molecule has 0 spiro atoms. The standard InChI is InChI=1S/C12H26N2S/c1-10(2)7-14(11(3)4)8-12-9-15-6-5-13-12/h10-13H,5-9H2,1-4H3. The number of hydrogen-bond donors (Lipinski definition) is 1. The summed E-state index contributed by atoms with van der Waals surface area (Å²) in [6, 6.07) is 1.37. The van der Waals surface area contributed by atoms with E-state index in [4.69, 9.17) is 0 Å². The molecule has 1 aliphatic rings. The first-order chi connectivity index (χ1) is 7.09. The van der Waals surface area contributed by atoms with Gasteiger partial charge < -0.3 is 5.32 Å². The average molecular weight is 230 g/mol. The van der Waals surface area contributed by atoms with Crippen molar-refractivity contribution in [3.63, 3.8) is 0 Å². The first-order valence-corrected chi connectivity index (χ1v) is 7.30. The number of rotatable bonds is 5. The van der Waals surface area contributed by atoms with Gasteiger partial charge in [-0.3, -0.25) is 4.90 Å². The fourth-order valence-electron chi connectivity index (χ4n) is 1.99. The second kappa shape index (κ2) is 6.77. The number of nitrogens with zero attached hydrogens (tertiary/aromatic N) is 1. The van der Waals surface area contributed by atoms with Gasteiger partial charge in [0.15, 0.2) is 0 Å². The van der Waals surface area contributed by atoms with Gasteiger partial charge in [-0.05, 0) is 19.8 Å². The summed E-state index contributed by atoms with van der Waals surface area (Å²) in [5, 5.41) is 3.62. The number of hydrogen-bond acceptors (Lipinski definition) is 3. The summed E-state index contributed by atoms with van der Waals surface area (Å²) in [6.45, 7) is 12.8. The maximum Gasteiger partial charge on any atom is 0.0286 e. The van der Waals surface area contributed by atoms with E-state index in [1.807, 2.05) is 0 Å². The molecule has 3 heteroatoms. The Bertz CT molecular complexity index is 165. The Kier molecular flexibility index (Phi) is 6.02. The van der Waals surface area contributed by atoms with Gasteiger partial charge in [0.1, 0.15) is 0 Å². The lowest BCUT2D eigenvalue weighted by Gasteiger charge is -2.33. The van der Waals surface area contributed by atoms with Crippen LogP contribution in [0.1, 0.15) is 27.7 Å². The Labute approximate surface area is 99.2 Å². The molecule has 15 heavy (non-hydrogen) atoms. The van der Waals surface area contributed by atoms with Crippen LogP contribution in [0.2, 0.25) is 0 Å². The normalized spacial score (nSPS) is 23.0. The molecular weight excluding hydrogens is 204 g/mol. The maximum atomic E-state index is 3.62. The largest absolute Gasteiger partial charge is 0.311 e. The molecule has 0 aromatic rings. The van der Waals surface area contributed by atoms with Crippen LogP contribution in [0, 0.1) is 5.92 Å². The van der Waals surface area contributed by atoms with Crippen LogP contribution < -0.4 is 5.32 Å². The number of nitrogens with one attached hydrogen (secondary N) is 1. The molecule has 0 bridgehead atoms. The molecule has 0 saturated carbocycles. The number of thioether (sulfide) groups is 1. The summed E-state index contributed by atoms with van der Waals surface area (Å²) in [7, 11) is 0. The van der Waals surface area contributed by atoms with Crippen LogP contribution in [0.4, 0.5) is 0 Å². The molecule has 1 atom stereocenters. The second-order valence-corrected chi connectivity index (χ2v) is 6.32. The summed E-state index contributed by atoms with van der Waals surface area (Å²) >= 11 is 2.09. The van der Waals surface area contributed by atoms with Crippen molar-refractivity contribution in [3.8, 4) is 0 Å². The summed E-state index contributed by atoms with van der Waals surface area (Å²) in [5.41, 5.74) is 0. The molecule has 1 heterocycles. The summed E-state index contributed by atoms with van der Waals surface area (Å²) in [6.07, 6.45) is 0. The Morgan fingerprint density at radius 3 is 2.53 bits per heavy atom. The monoisotopic (exact) mass is 230 g/mol. The minimum atomic E-state index is 0.668. The lowest BCUT2D eigenvalue weighted by Crippen LogP contribution is -2.48. The average Bonchev–Trinajstić information content (AvgIpc) is 2.17. The fourth-order valence-corrected chi connectivity index (χ4v) is 2.92. The SMILES string of the molecule is CC(C)CN(CC1CSCCN1)C(C)C. The highest BCUT2D eigenvalue weighted by atomic mass is 32.2. The van der Waals surface area contributed by atoms with Gasteiger partial charge in [-0.25, -0.2) is 0 Å². The van der Waals surface area contributed by atoms with Crippen molar-refractivity contribution in [1.82, 2.24) is 10.2 Å². The van der Waals surface area contributed by atoms with E-state index in [0.29, 0.717) is 12.1 Å². The van der Waals surface area contributed by atoms with E-state index in [0.717, 1.165) is 5.92 Å². The van der Waals surface area contributed by atoms with Crippen LogP contribution in [-0.4, -0.2) is 48.1 Å². The van der Waals surface area contributed by atoms with Crippen molar-refractivity contribution in [2.75, 3.05) is 31.1 Å². The summed E-state index contributed by atoms with van der Waals surface area (Å²) in [5.74, 6) is 3.33. The molecule has 1 unspecified atom stereocenters. The first kappa shape index (κ1) is 13.3. The molecule has 1 fully saturated rings. The molecule has 1 saturated heterocycles. The molecule has 0 aromatic heterocycles. The third-order valence-corrected chi connectivity index (χ3v) is 3.91. The molecule has 1 aliphatic heterocycles. The topological polar surface area (TPSA) is 15.3 Å². The predicted molar refractivity (Wildman–Crippen MR) is 70.7 cm³/mol. The zero-order valence-corrected chi connectivity index (χ0v) is 11.4. The van der Waals surface area contributed by atoms with Gasteiger partial charge in [0.2, 0.25) is 0 Å². The first-order valence-electron chi connectivity index (χ1n) is 6.14. The van der Waals surface area contributed by atoms with E-state index >= 15 is 0 Å².